The highest BCUT2D eigenvalue weighted by molar-refractivity contribution is 6.09. The standard InChI is InChI=1S/C23H30N4O3/c1-6-20(28)19-12-17(13-27(19)7-2)23(21(29)26(5)22(24)25-23)16-9-8-10-18(11-16)30-14-15(3)4/h8-13,15H,6-7,14H2,1-5H3,(H2,24,25). The van der Waals surface area contributed by atoms with Crippen molar-refractivity contribution < 1.29 is 14.3 Å². The predicted octanol–water partition coefficient (Wildman–Crippen LogP) is 3.17. The fourth-order valence-corrected chi connectivity index (χ4v) is 3.64. The lowest BCUT2D eigenvalue weighted by Gasteiger charge is -2.25. The first kappa shape index (κ1) is 21.6. The van der Waals surface area contributed by atoms with Crippen molar-refractivity contribution in [1.29, 1.82) is 0 Å². The largest absolute Gasteiger partial charge is 0.493 e. The molecular formula is C23H30N4O3. The van der Waals surface area contributed by atoms with E-state index < -0.39 is 5.54 Å². The Hall–Kier alpha value is -3.09. The zero-order chi connectivity index (χ0) is 22.1. The number of aryl methyl sites for hydroxylation is 1. The number of aliphatic imine (C=N–C) groups is 1. The SMILES string of the molecule is CCC(=O)c1cc(C2(c3cccc(OCC(C)C)c3)N=C(N)N(C)C2=O)cn1CC. The van der Waals surface area contributed by atoms with Gasteiger partial charge in [0.05, 0.1) is 12.3 Å². The van der Waals surface area contributed by atoms with E-state index in [1.165, 1.54) is 4.90 Å². The van der Waals surface area contributed by atoms with E-state index in [1.807, 2.05) is 48.9 Å². The molecule has 2 heterocycles. The van der Waals surface area contributed by atoms with E-state index in [-0.39, 0.29) is 17.6 Å². The number of carbonyl (C=O) groups is 2. The van der Waals surface area contributed by atoms with Crippen LogP contribution in [0.1, 0.15) is 55.7 Å². The van der Waals surface area contributed by atoms with Gasteiger partial charge < -0.3 is 15.0 Å². The Labute approximate surface area is 177 Å². The molecular weight excluding hydrogens is 380 g/mol. The third-order valence-corrected chi connectivity index (χ3v) is 5.34. The van der Waals surface area contributed by atoms with Gasteiger partial charge in [0.2, 0.25) is 0 Å². The van der Waals surface area contributed by atoms with Gasteiger partial charge in [-0.25, -0.2) is 4.99 Å². The number of ether oxygens (including phenoxy) is 1. The number of hydrogen-bond acceptors (Lipinski definition) is 5. The summed E-state index contributed by atoms with van der Waals surface area (Å²) >= 11 is 0. The number of Topliss-reactive ketones (excluding diaryl/α,β-unsaturated/α-hetero) is 1. The maximum Gasteiger partial charge on any atom is 0.266 e. The number of hydrogen-bond donors (Lipinski definition) is 1. The van der Waals surface area contributed by atoms with Gasteiger partial charge in [-0.1, -0.05) is 32.9 Å². The molecule has 30 heavy (non-hydrogen) atoms. The molecule has 7 nitrogen and oxygen atoms in total. The van der Waals surface area contributed by atoms with Crippen LogP contribution in [0.5, 0.6) is 5.75 Å². The van der Waals surface area contributed by atoms with Crippen LogP contribution in [0, 0.1) is 5.92 Å². The Morgan fingerprint density at radius 3 is 2.53 bits per heavy atom. The summed E-state index contributed by atoms with van der Waals surface area (Å²) in [5, 5.41) is 0. The third-order valence-electron chi connectivity index (χ3n) is 5.34. The van der Waals surface area contributed by atoms with Crippen molar-refractivity contribution in [3.8, 4) is 5.75 Å². The fraction of sp³-hybridized carbons (Fsp3) is 0.435. The van der Waals surface area contributed by atoms with Crippen molar-refractivity contribution in [3.05, 3.63) is 53.3 Å². The molecule has 0 radical (unpaired) electrons. The molecule has 7 heteroatoms. The van der Waals surface area contributed by atoms with Crippen LogP contribution in [0.15, 0.2) is 41.5 Å². The summed E-state index contributed by atoms with van der Waals surface area (Å²) in [6.45, 7) is 9.11. The van der Waals surface area contributed by atoms with Crippen LogP contribution in [-0.4, -0.2) is 40.8 Å². The van der Waals surface area contributed by atoms with Gasteiger partial charge in [-0.05, 0) is 36.6 Å². The maximum atomic E-state index is 13.5. The van der Waals surface area contributed by atoms with E-state index >= 15 is 0 Å². The Bertz CT molecular complexity index is 992. The first-order valence-corrected chi connectivity index (χ1v) is 10.3. The topological polar surface area (TPSA) is 89.9 Å². The van der Waals surface area contributed by atoms with Gasteiger partial charge in [0, 0.05) is 31.8 Å². The van der Waals surface area contributed by atoms with Gasteiger partial charge in [-0.2, -0.15) is 0 Å². The quantitative estimate of drug-likeness (QED) is 0.677. The number of likely N-dealkylation sites (N-methyl/N-ethyl adjacent to an activating group) is 1. The number of nitrogens with two attached hydrogens (primary N) is 1. The van der Waals surface area contributed by atoms with Crippen LogP contribution < -0.4 is 10.5 Å². The Morgan fingerprint density at radius 1 is 1.23 bits per heavy atom. The maximum absolute atomic E-state index is 13.5. The minimum absolute atomic E-state index is 0.0167. The Morgan fingerprint density at radius 2 is 1.97 bits per heavy atom. The zero-order valence-corrected chi connectivity index (χ0v) is 18.3. The molecule has 1 aliphatic heterocycles. The van der Waals surface area contributed by atoms with Gasteiger partial charge in [0.1, 0.15) is 5.75 Å². The van der Waals surface area contributed by atoms with Crippen molar-refractivity contribution in [1.82, 2.24) is 9.47 Å². The number of amides is 1. The molecule has 1 aromatic heterocycles. The summed E-state index contributed by atoms with van der Waals surface area (Å²) in [4.78, 5) is 31.9. The van der Waals surface area contributed by atoms with Gasteiger partial charge in [-0.15, -0.1) is 0 Å². The first-order valence-electron chi connectivity index (χ1n) is 10.3. The summed E-state index contributed by atoms with van der Waals surface area (Å²) in [5.74, 6) is 0.933. The van der Waals surface area contributed by atoms with E-state index in [0.717, 1.165) is 0 Å². The highest BCUT2D eigenvalue weighted by Gasteiger charge is 2.50. The van der Waals surface area contributed by atoms with Gasteiger partial charge in [0.25, 0.3) is 5.91 Å². The average Bonchev–Trinajstić information content (AvgIpc) is 3.27. The Balaban J connectivity index is 2.19. The number of aromatic nitrogens is 1. The number of ketones is 1. The summed E-state index contributed by atoms with van der Waals surface area (Å²) in [6.07, 6.45) is 2.21. The number of rotatable bonds is 8. The van der Waals surface area contributed by atoms with E-state index in [1.54, 1.807) is 13.1 Å². The van der Waals surface area contributed by atoms with Crippen LogP contribution >= 0.6 is 0 Å². The number of nitrogens with zero attached hydrogens (tertiary/aromatic N) is 3. The molecule has 0 saturated carbocycles. The van der Waals surface area contributed by atoms with Crippen molar-refractivity contribution in [2.75, 3.05) is 13.7 Å². The molecule has 0 aliphatic carbocycles. The fourth-order valence-electron chi connectivity index (χ4n) is 3.64. The van der Waals surface area contributed by atoms with Crippen molar-refractivity contribution in [3.63, 3.8) is 0 Å². The highest BCUT2D eigenvalue weighted by Crippen LogP contribution is 2.41. The second-order valence-electron chi connectivity index (χ2n) is 7.95. The third kappa shape index (κ3) is 3.60. The molecule has 160 valence electrons. The van der Waals surface area contributed by atoms with Crippen molar-refractivity contribution >= 4 is 17.6 Å². The lowest BCUT2D eigenvalue weighted by Crippen LogP contribution is -2.41. The minimum atomic E-state index is -1.35. The van der Waals surface area contributed by atoms with Crippen molar-refractivity contribution in [2.24, 2.45) is 16.6 Å². The average molecular weight is 411 g/mol. The zero-order valence-electron chi connectivity index (χ0n) is 18.3. The van der Waals surface area contributed by atoms with Gasteiger partial charge in [0.15, 0.2) is 17.3 Å². The van der Waals surface area contributed by atoms with Gasteiger partial charge >= 0.3 is 0 Å². The van der Waals surface area contributed by atoms with Crippen LogP contribution in [0.25, 0.3) is 0 Å². The molecule has 0 bridgehead atoms. The van der Waals surface area contributed by atoms with Gasteiger partial charge in [-0.3, -0.25) is 14.5 Å². The summed E-state index contributed by atoms with van der Waals surface area (Å²) in [6, 6.07) is 9.16. The second kappa shape index (κ2) is 8.34. The van der Waals surface area contributed by atoms with E-state index in [0.29, 0.717) is 48.1 Å². The molecule has 0 saturated heterocycles. The molecule has 1 aliphatic rings. The molecule has 1 atom stereocenters. The smallest absolute Gasteiger partial charge is 0.266 e. The van der Waals surface area contributed by atoms with Crippen LogP contribution in [0.2, 0.25) is 0 Å². The highest BCUT2D eigenvalue weighted by atomic mass is 16.5. The summed E-state index contributed by atoms with van der Waals surface area (Å²) in [7, 11) is 1.61. The molecule has 3 rings (SSSR count). The Kier molecular flexibility index (Phi) is 6.01. The lowest BCUT2D eigenvalue weighted by atomic mass is 9.84. The number of carbonyl (C=O) groups excluding carboxylic acids is 2. The summed E-state index contributed by atoms with van der Waals surface area (Å²) < 4.78 is 7.74. The lowest BCUT2D eigenvalue weighted by molar-refractivity contribution is -0.129. The molecule has 1 aromatic carbocycles. The summed E-state index contributed by atoms with van der Waals surface area (Å²) in [5.41, 5.74) is 6.57. The number of guanidine groups is 1. The van der Waals surface area contributed by atoms with Crippen molar-refractivity contribution in [2.45, 2.75) is 46.2 Å². The van der Waals surface area contributed by atoms with Crippen LogP contribution in [-0.2, 0) is 16.9 Å². The second-order valence-corrected chi connectivity index (χ2v) is 7.95. The predicted molar refractivity (Wildman–Crippen MR) is 117 cm³/mol. The van der Waals surface area contributed by atoms with Crippen LogP contribution in [0.3, 0.4) is 0 Å². The molecule has 0 fully saturated rings. The number of benzene rings is 1. The molecule has 1 amide bonds. The molecule has 1 unspecified atom stereocenters. The van der Waals surface area contributed by atoms with E-state index in [4.69, 9.17) is 10.5 Å². The molecule has 2 aromatic rings. The molecule has 2 N–H and O–H groups in total. The monoisotopic (exact) mass is 410 g/mol. The minimum Gasteiger partial charge on any atom is -0.493 e. The van der Waals surface area contributed by atoms with E-state index in [2.05, 4.69) is 18.8 Å². The first-order chi connectivity index (χ1) is 14.2. The normalized spacial score (nSPS) is 18.8. The molecule has 0 spiro atoms. The van der Waals surface area contributed by atoms with Crippen LogP contribution in [0.4, 0.5) is 0 Å². The van der Waals surface area contributed by atoms with E-state index in [9.17, 15) is 9.59 Å².